The molecule has 0 aromatic heterocycles. The van der Waals surface area contributed by atoms with Gasteiger partial charge in [0.05, 0.1) is 12.4 Å². The van der Waals surface area contributed by atoms with Crippen LogP contribution < -0.4 is 0 Å². The molecule has 0 aromatic rings. The van der Waals surface area contributed by atoms with Crippen LogP contribution in [0, 0.1) is 5.92 Å². The van der Waals surface area contributed by atoms with Gasteiger partial charge in [-0.05, 0) is 44.6 Å². The number of hydrogen-bond acceptors (Lipinski definition) is 1. The summed E-state index contributed by atoms with van der Waals surface area (Å²) in [4.78, 5) is 0. The Hall–Kier alpha value is -0.980. The number of allylic oxidation sites excluding steroid dienone is 4. The van der Waals surface area contributed by atoms with Crippen LogP contribution in [0.4, 0.5) is 0 Å². The summed E-state index contributed by atoms with van der Waals surface area (Å²) in [7, 11) is 0. The largest absolute Gasteiger partial charge is 0.498 e. The highest BCUT2D eigenvalue weighted by molar-refractivity contribution is 5.18. The molecule has 0 spiro atoms. The van der Waals surface area contributed by atoms with Crippen LogP contribution in [0.3, 0.4) is 0 Å². The molecule has 0 atom stereocenters. The first kappa shape index (κ1) is 12.1. The molecule has 0 saturated heterocycles. The van der Waals surface area contributed by atoms with Crippen LogP contribution in [-0.2, 0) is 4.74 Å². The Kier molecular flexibility index (Phi) is 5.23. The molecular formula is C14H22O. The Bertz CT molecular complexity index is 242. The Labute approximate surface area is 93.5 Å². The van der Waals surface area contributed by atoms with E-state index in [2.05, 4.69) is 13.5 Å². The van der Waals surface area contributed by atoms with Gasteiger partial charge >= 0.3 is 0 Å². The van der Waals surface area contributed by atoms with Crippen molar-refractivity contribution in [3.63, 3.8) is 0 Å². The van der Waals surface area contributed by atoms with Crippen LogP contribution in [0.1, 0.15) is 39.5 Å². The van der Waals surface area contributed by atoms with Crippen LogP contribution in [0.2, 0.25) is 0 Å². The summed E-state index contributed by atoms with van der Waals surface area (Å²) in [6.07, 6.45) is 13.1. The van der Waals surface area contributed by atoms with Gasteiger partial charge in [0.15, 0.2) is 0 Å². The fourth-order valence-electron chi connectivity index (χ4n) is 1.78. The summed E-state index contributed by atoms with van der Waals surface area (Å²) in [5.41, 5.74) is 1.16. The standard InChI is InChI=1S/C14H22O/c1-4-12(2)6-5-11-15-14-9-7-13(3)8-10-14/h4-6,11,13-14H,1,7-10H2,2-3H3/b11-5+,12-6-. The minimum atomic E-state index is 0.440. The molecule has 0 aliphatic heterocycles. The third-order valence-corrected chi connectivity index (χ3v) is 2.99. The zero-order valence-corrected chi connectivity index (χ0v) is 9.91. The van der Waals surface area contributed by atoms with Crippen molar-refractivity contribution in [2.75, 3.05) is 0 Å². The van der Waals surface area contributed by atoms with Crippen molar-refractivity contribution in [1.82, 2.24) is 0 Å². The lowest BCUT2D eigenvalue weighted by Crippen LogP contribution is -2.18. The Balaban J connectivity index is 2.22. The van der Waals surface area contributed by atoms with E-state index in [-0.39, 0.29) is 0 Å². The second kappa shape index (κ2) is 6.49. The molecule has 1 fully saturated rings. The molecule has 1 aliphatic rings. The van der Waals surface area contributed by atoms with Gasteiger partial charge in [-0.15, -0.1) is 0 Å². The van der Waals surface area contributed by atoms with E-state index in [9.17, 15) is 0 Å². The molecule has 0 aromatic carbocycles. The summed E-state index contributed by atoms with van der Waals surface area (Å²) in [5, 5.41) is 0. The SMILES string of the molecule is C=C/C(C)=C\C=C\OC1CCC(C)CC1. The summed E-state index contributed by atoms with van der Waals surface area (Å²) in [6.45, 7) is 8.04. The molecule has 0 N–H and O–H groups in total. The van der Waals surface area contributed by atoms with Gasteiger partial charge in [-0.2, -0.15) is 0 Å². The molecule has 0 amide bonds. The van der Waals surface area contributed by atoms with Gasteiger partial charge in [0.2, 0.25) is 0 Å². The van der Waals surface area contributed by atoms with Crippen molar-refractivity contribution < 1.29 is 4.74 Å². The average molecular weight is 206 g/mol. The monoisotopic (exact) mass is 206 g/mol. The van der Waals surface area contributed by atoms with Crippen LogP contribution in [-0.4, -0.2) is 6.10 Å². The Morgan fingerprint density at radius 1 is 1.27 bits per heavy atom. The zero-order chi connectivity index (χ0) is 11.1. The lowest BCUT2D eigenvalue weighted by Gasteiger charge is -2.25. The first-order valence-corrected chi connectivity index (χ1v) is 5.83. The van der Waals surface area contributed by atoms with E-state index in [1.165, 1.54) is 25.7 Å². The van der Waals surface area contributed by atoms with Gasteiger partial charge in [-0.1, -0.05) is 31.2 Å². The van der Waals surface area contributed by atoms with E-state index in [1.807, 2.05) is 31.4 Å². The zero-order valence-electron chi connectivity index (χ0n) is 9.91. The molecule has 1 rings (SSSR count). The Morgan fingerprint density at radius 2 is 1.93 bits per heavy atom. The van der Waals surface area contributed by atoms with E-state index >= 15 is 0 Å². The van der Waals surface area contributed by atoms with Gasteiger partial charge in [0.1, 0.15) is 0 Å². The van der Waals surface area contributed by atoms with Gasteiger partial charge in [-0.25, -0.2) is 0 Å². The second-order valence-electron chi connectivity index (χ2n) is 4.46. The minimum absolute atomic E-state index is 0.440. The van der Waals surface area contributed by atoms with E-state index in [1.54, 1.807) is 0 Å². The normalized spacial score (nSPS) is 28.0. The smallest absolute Gasteiger partial charge is 0.0978 e. The number of ether oxygens (including phenoxy) is 1. The van der Waals surface area contributed by atoms with E-state index < -0.39 is 0 Å². The van der Waals surface area contributed by atoms with Crippen LogP contribution in [0.15, 0.2) is 36.6 Å². The summed E-state index contributed by atoms with van der Waals surface area (Å²) < 4.78 is 5.67. The summed E-state index contributed by atoms with van der Waals surface area (Å²) >= 11 is 0. The van der Waals surface area contributed by atoms with Crippen molar-refractivity contribution in [1.29, 1.82) is 0 Å². The van der Waals surface area contributed by atoms with Crippen molar-refractivity contribution in [2.45, 2.75) is 45.6 Å². The fourth-order valence-corrected chi connectivity index (χ4v) is 1.78. The third-order valence-electron chi connectivity index (χ3n) is 2.99. The molecule has 1 aliphatic carbocycles. The summed E-state index contributed by atoms with van der Waals surface area (Å²) in [6, 6.07) is 0. The maximum Gasteiger partial charge on any atom is 0.0978 e. The van der Waals surface area contributed by atoms with Crippen molar-refractivity contribution in [3.8, 4) is 0 Å². The van der Waals surface area contributed by atoms with Crippen LogP contribution >= 0.6 is 0 Å². The fraction of sp³-hybridized carbons (Fsp3) is 0.571. The highest BCUT2D eigenvalue weighted by Gasteiger charge is 2.17. The first-order valence-electron chi connectivity index (χ1n) is 5.83. The van der Waals surface area contributed by atoms with Crippen LogP contribution in [0.5, 0.6) is 0 Å². The highest BCUT2D eigenvalue weighted by atomic mass is 16.5. The van der Waals surface area contributed by atoms with E-state index in [0.29, 0.717) is 6.10 Å². The quantitative estimate of drug-likeness (QED) is 0.494. The van der Waals surface area contributed by atoms with E-state index in [0.717, 1.165) is 11.5 Å². The molecule has 1 saturated carbocycles. The van der Waals surface area contributed by atoms with Gasteiger partial charge in [0.25, 0.3) is 0 Å². The molecule has 1 nitrogen and oxygen atoms in total. The van der Waals surface area contributed by atoms with Gasteiger partial charge in [0, 0.05) is 0 Å². The lowest BCUT2D eigenvalue weighted by atomic mass is 9.89. The molecule has 0 bridgehead atoms. The second-order valence-corrected chi connectivity index (χ2v) is 4.46. The molecule has 0 radical (unpaired) electrons. The predicted molar refractivity (Wildman–Crippen MR) is 65.6 cm³/mol. The molecule has 1 heteroatoms. The lowest BCUT2D eigenvalue weighted by molar-refractivity contribution is 0.0915. The minimum Gasteiger partial charge on any atom is -0.498 e. The molecule has 84 valence electrons. The maximum absolute atomic E-state index is 5.67. The highest BCUT2D eigenvalue weighted by Crippen LogP contribution is 2.25. The van der Waals surface area contributed by atoms with Crippen LogP contribution in [0.25, 0.3) is 0 Å². The average Bonchev–Trinajstić information content (AvgIpc) is 2.26. The van der Waals surface area contributed by atoms with E-state index in [4.69, 9.17) is 4.74 Å². The van der Waals surface area contributed by atoms with Gasteiger partial charge < -0.3 is 4.74 Å². The first-order chi connectivity index (χ1) is 7.22. The van der Waals surface area contributed by atoms with Crippen molar-refractivity contribution >= 4 is 0 Å². The topological polar surface area (TPSA) is 9.23 Å². The molecule has 0 unspecified atom stereocenters. The predicted octanol–water partition coefficient (Wildman–Crippen LogP) is 4.23. The number of rotatable bonds is 4. The Morgan fingerprint density at radius 3 is 2.53 bits per heavy atom. The maximum atomic E-state index is 5.67. The molecule has 0 heterocycles. The third kappa shape index (κ3) is 4.87. The number of hydrogen-bond donors (Lipinski definition) is 0. The van der Waals surface area contributed by atoms with Crippen molar-refractivity contribution in [2.24, 2.45) is 5.92 Å². The van der Waals surface area contributed by atoms with Gasteiger partial charge in [-0.3, -0.25) is 0 Å². The molecular weight excluding hydrogens is 184 g/mol. The summed E-state index contributed by atoms with van der Waals surface area (Å²) in [5.74, 6) is 0.886. The molecule has 15 heavy (non-hydrogen) atoms. The van der Waals surface area contributed by atoms with Crippen molar-refractivity contribution in [3.05, 3.63) is 36.6 Å².